The quantitative estimate of drug-likeness (QED) is 0.507. The monoisotopic (exact) mass is 172 g/mol. The fraction of sp³-hybridized carbons (Fsp3) is 0.750. The molecule has 1 unspecified atom stereocenters. The molecule has 0 aromatic rings. The van der Waals surface area contributed by atoms with Crippen molar-refractivity contribution in [3.05, 3.63) is 0 Å². The Kier molecular flexibility index (Phi) is 1.98. The standard InChI is InChI=1S/C8H12O2S/c1-3-8(2)5-4-6-11(9,10)7-8/h1H,4-7H2,2H3. The Morgan fingerprint density at radius 3 is 2.55 bits per heavy atom. The van der Waals surface area contributed by atoms with Crippen LogP contribution in [0.25, 0.3) is 0 Å². The fourth-order valence-electron chi connectivity index (χ4n) is 1.43. The number of hydrogen-bond donors (Lipinski definition) is 0. The fourth-order valence-corrected chi connectivity index (χ4v) is 3.35. The molecule has 1 aliphatic heterocycles. The van der Waals surface area contributed by atoms with Crippen LogP contribution < -0.4 is 0 Å². The first-order valence-corrected chi connectivity index (χ1v) is 5.48. The van der Waals surface area contributed by atoms with Crippen molar-refractivity contribution < 1.29 is 8.42 Å². The zero-order valence-electron chi connectivity index (χ0n) is 6.63. The van der Waals surface area contributed by atoms with Crippen molar-refractivity contribution in [2.75, 3.05) is 11.5 Å². The highest BCUT2D eigenvalue weighted by atomic mass is 32.2. The Balaban J connectivity index is 2.86. The van der Waals surface area contributed by atoms with Crippen molar-refractivity contribution in [3.8, 4) is 12.3 Å². The number of rotatable bonds is 0. The third-order valence-electron chi connectivity index (χ3n) is 2.07. The molecule has 1 aliphatic rings. The Bertz CT molecular complexity index is 284. The maximum absolute atomic E-state index is 11.1. The molecule has 0 saturated carbocycles. The van der Waals surface area contributed by atoms with Crippen molar-refractivity contribution in [1.29, 1.82) is 0 Å². The summed E-state index contributed by atoms with van der Waals surface area (Å²) in [5, 5.41) is 0. The average molecular weight is 172 g/mol. The van der Waals surface area contributed by atoms with Gasteiger partial charge in [-0.05, 0) is 19.8 Å². The minimum atomic E-state index is -2.84. The van der Waals surface area contributed by atoms with Crippen LogP contribution in [0.1, 0.15) is 19.8 Å². The molecule has 3 heteroatoms. The highest BCUT2D eigenvalue weighted by molar-refractivity contribution is 7.91. The van der Waals surface area contributed by atoms with Gasteiger partial charge in [-0.25, -0.2) is 8.42 Å². The lowest BCUT2D eigenvalue weighted by Crippen LogP contribution is -2.32. The summed E-state index contributed by atoms with van der Waals surface area (Å²) < 4.78 is 22.3. The number of terminal acetylenes is 1. The van der Waals surface area contributed by atoms with Gasteiger partial charge < -0.3 is 0 Å². The minimum absolute atomic E-state index is 0.163. The zero-order chi connectivity index (χ0) is 8.54. The van der Waals surface area contributed by atoms with Gasteiger partial charge in [-0.15, -0.1) is 6.42 Å². The van der Waals surface area contributed by atoms with Crippen molar-refractivity contribution >= 4 is 9.84 Å². The lowest BCUT2D eigenvalue weighted by atomic mass is 9.89. The van der Waals surface area contributed by atoms with Crippen LogP contribution in [0.15, 0.2) is 0 Å². The second-order valence-electron chi connectivity index (χ2n) is 3.40. The highest BCUT2D eigenvalue weighted by Crippen LogP contribution is 2.29. The SMILES string of the molecule is C#CC1(C)CCCS(=O)(=O)C1. The summed E-state index contributed by atoms with van der Waals surface area (Å²) in [6.45, 7) is 1.84. The van der Waals surface area contributed by atoms with Crippen LogP contribution in [0.2, 0.25) is 0 Å². The lowest BCUT2D eigenvalue weighted by molar-refractivity contribution is 0.427. The molecule has 2 nitrogen and oxygen atoms in total. The maximum atomic E-state index is 11.1. The van der Waals surface area contributed by atoms with Crippen molar-refractivity contribution in [3.63, 3.8) is 0 Å². The third kappa shape index (κ3) is 1.97. The van der Waals surface area contributed by atoms with E-state index in [2.05, 4.69) is 5.92 Å². The van der Waals surface area contributed by atoms with Crippen LogP contribution in [0.3, 0.4) is 0 Å². The molecule has 1 fully saturated rings. The molecule has 0 N–H and O–H groups in total. The maximum Gasteiger partial charge on any atom is 0.151 e. The Hall–Kier alpha value is -0.490. The molecule has 1 heterocycles. The van der Waals surface area contributed by atoms with Gasteiger partial charge in [0.25, 0.3) is 0 Å². The first-order valence-electron chi connectivity index (χ1n) is 3.66. The topological polar surface area (TPSA) is 34.1 Å². The van der Waals surface area contributed by atoms with E-state index in [1.165, 1.54) is 0 Å². The van der Waals surface area contributed by atoms with Gasteiger partial charge in [0, 0.05) is 5.41 Å². The van der Waals surface area contributed by atoms with E-state index in [0.29, 0.717) is 12.2 Å². The van der Waals surface area contributed by atoms with E-state index in [9.17, 15) is 8.42 Å². The van der Waals surface area contributed by atoms with Gasteiger partial charge in [-0.2, -0.15) is 0 Å². The molecule has 0 amide bonds. The van der Waals surface area contributed by atoms with E-state index in [0.717, 1.165) is 6.42 Å². The van der Waals surface area contributed by atoms with Crippen molar-refractivity contribution in [1.82, 2.24) is 0 Å². The summed E-state index contributed by atoms with van der Waals surface area (Å²) in [6, 6.07) is 0. The molecule has 0 aliphatic carbocycles. The summed E-state index contributed by atoms with van der Waals surface area (Å²) >= 11 is 0. The zero-order valence-corrected chi connectivity index (χ0v) is 7.45. The summed E-state index contributed by atoms with van der Waals surface area (Å²) in [5.74, 6) is 3.03. The van der Waals surface area contributed by atoms with Crippen LogP contribution >= 0.6 is 0 Å². The largest absolute Gasteiger partial charge is 0.229 e. The minimum Gasteiger partial charge on any atom is -0.229 e. The molecule has 1 rings (SSSR count). The second-order valence-corrected chi connectivity index (χ2v) is 5.58. The van der Waals surface area contributed by atoms with E-state index in [-0.39, 0.29) is 5.75 Å². The second kappa shape index (κ2) is 2.53. The van der Waals surface area contributed by atoms with Crippen molar-refractivity contribution in [2.24, 2.45) is 5.41 Å². The summed E-state index contributed by atoms with van der Waals surface area (Å²) in [6.07, 6.45) is 6.79. The molecule has 0 spiro atoms. The van der Waals surface area contributed by atoms with E-state index in [1.54, 1.807) is 0 Å². The molecule has 1 saturated heterocycles. The molecule has 0 aromatic heterocycles. The van der Waals surface area contributed by atoms with Gasteiger partial charge in [0.05, 0.1) is 11.5 Å². The van der Waals surface area contributed by atoms with Crippen LogP contribution in [-0.2, 0) is 9.84 Å². The van der Waals surface area contributed by atoms with Gasteiger partial charge in [0.15, 0.2) is 9.84 Å². The van der Waals surface area contributed by atoms with Crippen molar-refractivity contribution in [2.45, 2.75) is 19.8 Å². The molecule has 62 valence electrons. The summed E-state index contributed by atoms with van der Waals surface area (Å²) in [7, 11) is -2.84. The first kappa shape index (κ1) is 8.61. The van der Waals surface area contributed by atoms with Gasteiger partial charge in [-0.1, -0.05) is 5.92 Å². The van der Waals surface area contributed by atoms with Gasteiger partial charge in [0.1, 0.15) is 0 Å². The van der Waals surface area contributed by atoms with Gasteiger partial charge >= 0.3 is 0 Å². The molecule has 11 heavy (non-hydrogen) atoms. The van der Waals surface area contributed by atoms with Gasteiger partial charge in [-0.3, -0.25) is 0 Å². The summed E-state index contributed by atoms with van der Waals surface area (Å²) in [5.41, 5.74) is -0.406. The molecule has 0 aromatic carbocycles. The number of hydrogen-bond acceptors (Lipinski definition) is 2. The first-order chi connectivity index (χ1) is 4.97. The predicted octanol–water partition coefficient (Wildman–Crippen LogP) is 0.835. The lowest BCUT2D eigenvalue weighted by Gasteiger charge is -2.27. The van der Waals surface area contributed by atoms with E-state index < -0.39 is 15.3 Å². The normalized spacial score (nSPS) is 36.0. The average Bonchev–Trinajstić information content (AvgIpc) is 1.85. The van der Waals surface area contributed by atoms with Crippen LogP contribution in [0.5, 0.6) is 0 Å². The third-order valence-corrected chi connectivity index (χ3v) is 4.06. The van der Waals surface area contributed by atoms with E-state index in [1.807, 2.05) is 6.92 Å². The molecule has 0 radical (unpaired) electrons. The molecular formula is C8H12O2S. The predicted molar refractivity (Wildman–Crippen MR) is 44.8 cm³/mol. The highest BCUT2D eigenvalue weighted by Gasteiger charge is 2.32. The number of sulfone groups is 1. The van der Waals surface area contributed by atoms with E-state index in [4.69, 9.17) is 6.42 Å². The van der Waals surface area contributed by atoms with Crippen LogP contribution in [0.4, 0.5) is 0 Å². The van der Waals surface area contributed by atoms with Crippen LogP contribution in [-0.4, -0.2) is 19.9 Å². The van der Waals surface area contributed by atoms with Gasteiger partial charge in [0.2, 0.25) is 0 Å². The smallest absolute Gasteiger partial charge is 0.151 e. The Morgan fingerprint density at radius 1 is 1.55 bits per heavy atom. The Labute approximate surface area is 67.9 Å². The summed E-state index contributed by atoms with van der Waals surface area (Å²) in [4.78, 5) is 0. The molecule has 1 atom stereocenters. The van der Waals surface area contributed by atoms with Crippen LogP contribution in [0, 0.1) is 17.8 Å². The molecular weight excluding hydrogens is 160 g/mol. The Morgan fingerprint density at radius 2 is 2.18 bits per heavy atom. The van der Waals surface area contributed by atoms with E-state index >= 15 is 0 Å². The molecule has 0 bridgehead atoms.